The molecule has 108 valence electrons. The third kappa shape index (κ3) is 2.77. The summed E-state index contributed by atoms with van der Waals surface area (Å²) < 4.78 is 34.5. The van der Waals surface area contributed by atoms with Crippen LogP contribution in [0.2, 0.25) is 0 Å². The summed E-state index contributed by atoms with van der Waals surface area (Å²) in [7, 11) is -3.05. The van der Waals surface area contributed by atoms with Gasteiger partial charge in [0.15, 0.2) is 15.6 Å². The zero-order chi connectivity index (χ0) is 14.0. The molecule has 1 saturated carbocycles. The van der Waals surface area contributed by atoms with Crippen LogP contribution >= 0.6 is 0 Å². The smallest absolute Gasteiger partial charge is 0.238 e. The van der Waals surface area contributed by atoms with Crippen molar-refractivity contribution in [3.63, 3.8) is 0 Å². The third-order valence-electron chi connectivity index (χ3n) is 3.62. The fourth-order valence-corrected chi connectivity index (χ4v) is 4.35. The summed E-state index contributed by atoms with van der Waals surface area (Å²) in [5.74, 6) is 1.26. The molecule has 0 aromatic carbocycles. The molecule has 2 aromatic heterocycles. The summed E-state index contributed by atoms with van der Waals surface area (Å²) in [6.07, 6.45) is 5.36. The van der Waals surface area contributed by atoms with Gasteiger partial charge in [-0.05, 0) is 25.0 Å². The molecule has 0 atom stereocenters. The summed E-state index contributed by atoms with van der Waals surface area (Å²) in [5.41, 5.74) is 0. The van der Waals surface area contributed by atoms with E-state index in [9.17, 15) is 8.42 Å². The first-order valence-electron chi connectivity index (χ1n) is 6.73. The Balaban J connectivity index is 1.64. The molecule has 6 nitrogen and oxygen atoms in total. The van der Waals surface area contributed by atoms with E-state index in [1.165, 1.54) is 6.26 Å². The average Bonchev–Trinajstić information content (AvgIpc) is 3.16. The summed E-state index contributed by atoms with van der Waals surface area (Å²) in [6, 6.07) is 3.46. The maximum Gasteiger partial charge on any atom is 0.238 e. The van der Waals surface area contributed by atoms with Gasteiger partial charge in [-0.2, -0.15) is 4.98 Å². The molecule has 2 heterocycles. The molecular weight excluding hydrogens is 280 g/mol. The van der Waals surface area contributed by atoms with Crippen LogP contribution in [-0.2, 0) is 16.3 Å². The molecule has 1 aliphatic carbocycles. The largest absolute Gasteiger partial charge is 0.461 e. The number of nitrogens with zero attached hydrogens (tertiary/aromatic N) is 2. The third-order valence-corrected chi connectivity index (χ3v) is 5.88. The Morgan fingerprint density at radius 2 is 2.10 bits per heavy atom. The Kier molecular flexibility index (Phi) is 3.60. The van der Waals surface area contributed by atoms with Gasteiger partial charge in [0.25, 0.3) is 0 Å². The maximum absolute atomic E-state index is 12.1. The first-order valence-corrected chi connectivity index (χ1v) is 8.45. The Labute approximate surface area is 117 Å². The quantitative estimate of drug-likeness (QED) is 0.841. The van der Waals surface area contributed by atoms with Crippen LogP contribution in [0.25, 0.3) is 11.6 Å². The number of hydrogen-bond donors (Lipinski definition) is 0. The van der Waals surface area contributed by atoms with Crippen molar-refractivity contribution in [3.05, 3.63) is 24.3 Å². The van der Waals surface area contributed by atoms with Crippen LogP contribution < -0.4 is 0 Å². The molecule has 0 aliphatic heterocycles. The van der Waals surface area contributed by atoms with E-state index in [4.69, 9.17) is 8.94 Å². The second kappa shape index (κ2) is 5.40. The van der Waals surface area contributed by atoms with Crippen LogP contribution in [0.5, 0.6) is 0 Å². The fraction of sp³-hybridized carbons (Fsp3) is 0.538. The summed E-state index contributed by atoms with van der Waals surface area (Å²) in [4.78, 5) is 4.15. The van der Waals surface area contributed by atoms with Crippen molar-refractivity contribution in [1.29, 1.82) is 0 Å². The van der Waals surface area contributed by atoms with Crippen LogP contribution in [0.3, 0.4) is 0 Å². The molecule has 2 aromatic rings. The van der Waals surface area contributed by atoms with Gasteiger partial charge in [-0.25, -0.2) is 8.42 Å². The number of hydrogen-bond acceptors (Lipinski definition) is 6. The van der Waals surface area contributed by atoms with Crippen LogP contribution in [-0.4, -0.2) is 29.6 Å². The SMILES string of the molecule is O=S(=O)(CCc1nc(-c2ccco2)no1)C1CCCC1. The molecule has 0 unspecified atom stereocenters. The molecule has 0 bridgehead atoms. The number of aromatic nitrogens is 2. The van der Waals surface area contributed by atoms with Gasteiger partial charge in [-0.15, -0.1) is 0 Å². The van der Waals surface area contributed by atoms with Crippen molar-refractivity contribution < 1.29 is 17.4 Å². The second-order valence-electron chi connectivity index (χ2n) is 5.01. The van der Waals surface area contributed by atoms with Crippen LogP contribution in [0.4, 0.5) is 0 Å². The first-order chi connectivity index (χ1) is 9.65. The molecule has 1 aliphatic rings. The van der Waals surface area contributed by atoms with Gasteiger partial charge in [0.1, 0.15) is 0 Å². The van der Waals surface area contributed by atoms with E-state index in [-0.39, 0.29) is 17.4 Å². The van der Waals surface area contributed by atoms with Gasteiger partial charge < -0.3 is 8.94 Å². The van der Waals surface area contributed by atoms with E-state index in [0.717, 1.165) is 25.7 Å². The first kappa shape index (κ1) is 13.4. The highest BCUT2D eigenvalue weighted by atomic mass is 32.2. The van der Waals surface area contributed by atoms with E-state index in [0.29, 0.717) is 17.5 Å². The fourth-order valence-electron chi connectivity index (χ4n) is 2.51. The highest BCUT2D eigenvalue weighted by Crippen LogP contribution is 2.25. The van der Waals surface area contributed by atoms with Crippen molar-refractivity contribution in [2.24, 2.45) is 0 Å². The van der Waals surface area contributed by atoms with Crippen molar-refractivity contribution >= 4 is 9.84 Å². The van der Waals surface area contributed by atoms with Gasteiger partial charge in [0, 0.05) is 6.42 Å². The molecule has 1 fully saturated rings. The zero-order valence-corrected chi connectivity index (χ0v) is 11.8. The minimum Gasteiger partial charge on any atom is -0.461 e. The monoisotopic (exact) mass is 296 g/mol. The number of furan rings is 1. The molecule has 0 N–H and O–H groups in total. The lowest BCUT2D eigenvalue weighted by Gasteiger charge is -2.09. The lowest BCUT2D eigenvalue weighted by molar-refractivity contribution is 0.381. The van der Waals surface area contributed by atoms with Crippen molar-refractivity contribution in [2.75, 3.05) is 5.75 Å². The van der Waals surface area contributed by atoms with Crippen molar-refractivity contribution in [1.82, 2.24) is 10.1 Å². The van der Waals surface area contributed by atoms with Crippen molar-refractivity contribution in [2.45, 2.75) is 37.4 Å². The average molecular weight is 296 g/mol. The Hall–Kier alpha value is -1.63. The Morgan fingerprint density at radius 1 is 1.30 bits per heavy atom. The Bertz CT molecular complexity index is 654. The van der Waals surface area contributed by atoms with E-state index in [1.54, 1.807) is 12.1 Å². The van der Waals surface area contributed by atoms with Gasteiger partial charge in [-0.3, -0.25) is 0 Å². The van der Waals surface area contributed by atoms with E-state index in [2.05, 4.69) is 10.1 Å². The predicted molar refractivity (Wildman–Crippen MR) is 71.7 cm³/mol. The van der Waals surface area contributed by atoms with E-state index < -0.39 is 9.84 Å². The summed E-state index contributed by atoms with van der Waals surface area (Å²) in [6.45, 7) is 0. The van der Waals surface area contributed by atoms with Crippen molar-refractivity contribution in [3.8, 4) is 11.6 Å². The lowest BCUT2D eigenvalue weighted by Crippen LogP contribution is -2.22. The van der Waals surface area contributed by atoms with Gasteiger partial charge >= 0.3 is 0 Å². The highest BCUT2D eigenvalue weighted by Gasteiger charge is 2.28. The predicted octanol–water partition coefficient (Wildman–Crippen LogP) is 2.23. The highest BCUT2D eigenvalue weighted by molar-refractivity contribution is 7.92. The lowest BCUT2D eigenvalue weighted by atomic mass is 10.4. The summed E-state index contributed by atoms with van der Waals surface area (Å²) in [5, 5.41) is 3.60. The zero-order valence-electron chi connectivity index (χ0n) is 11.0. The molecule has 20 heavy (non-hydrogen) atoms. The van der Waals surface area contributed by atoms with Gasteiger partial charge in [0.2, 0.25) is 11.7 Å². The molecule has 0 spiro atoms. The van der Waals surface area contributed by atoms with Gasteiger partial charge in [-0.1, -0.05) is 18.0 Å². The van der Waals surface area contributed by atoms with Gasteiger partial charge in [0.05, 0.1) is 17.3 Å². The molecular formula is C13H16N2O4S. The molecule has 0 saturated heterocycles. The Morgan fingerprint density at radius 3 is 2.80 bits per heavy atom. The second-order valence-corrected chi connectivity index (χ2v) is 7.41. The molecule has 0 radical (unpaired) electrons. The molecule has 7 heteroatoms. The van der Waals surface area contributed by atoms with E-state index >= 15 is 0 Å². The number of rotatable bonds is 5. The minimum atomic E-state index is -3.05. The minimum absolute atomic E-state index is 0.0669. The maximum atomic E-state index is 12.1. The number of sulfone groups is 1. The molecule has 3 rings (SSSR count). The van der Waals surface area contributed by atoms with E-state index in [1.807, 2.05) is 0 Å². The topological polar surface area (TPSA) is 86.2 Å². The number of aryl methyl sites for hydroxylation is 1. The molecule has 0 amide bonds. The van der Waals surface area contributed by atoms with Crippen LogP contribution in [0, 0.1) is 0 Å². The normalized spacial score (nSPS) is 16.8. The standard InChI is InChI=1S/C13H16N2O4S/c16-20(17,10-4-1-2-5-10)9-7-12-14-13(15-19-12)11-6-3-8-18-11/h3,6,8,10H,1-2,4-5,7,9H2. The summed E-state index contributed by atoms with van der Waals surface area (Å²) >= 11 is 0. The van der Waals surface area contributed by atoms with Crippen LogP contribution in [0.1, 0.15) is 31.6 Å². The van der Waals surface area contributed by atoms with Crippen LogP contribution in [0.15, 0.2) is 27.3 Å².